The average Bonchev–Trinajstić information content (AvgIpc) is 2.72. The van der Waals surface area contributed by atoms with Gasteiger partial charge >= 0.3 is 0 Å². The lowest BCUT2D eigenvalue weighted by molar-refractivity contribution is 0.568. The summed E-state index contributed by atoms with van der Waals surface area (Å²) in [5, 5.41) is 10.4. The van der Waals surface area contributed by atoms with Crippen LogP contribution in [-0.2, 0) is 9.84 Å². The quantitative estimate of drug-likeness (QED) is 0.776. The number of allylic oxidation sites excluding steroid dienone is 1. The Labute approximate surface area is 129 Å². The number of nitriles is 1. The van der Waals surface area contributed by atoms with Gasteiger partial charge in [0.1, 0.15) is 11.0 Å². The van der Waals surface area contributed by atoms with Crippen molar-refractivity contribution in [2.24, 2.45) is 0 Å². The zero-order chi connectivity index (χ0) is 15.8. The molecule has 0 spiro atoms. The molecular formula is C16H17NO2S2. The fourth-order valence-electron chi connectivity index (χ4n) is 1.95. The summed E-state index contributed by atoms with van der Waals surface area (Å²) in [6, 6.07) is 9.74. The molecule has 1 heterocycles. The summed E-state index contributed by atoms with van der Waals surface area (Å²) in [5.41, 5.74) is 1.01. The fourth-order valence-corrected chi connectivity index (χ4v) is 4.23. The van der Waals surface area contributed by atoms with E-state index in [0.29, 0.717) is 0 Å². The van der Waals surface area contributed by atoms with Crippen LogP contribution in [-0.4, -0.2) is 13.2 Å². The second-order valence-corrected chi connectivity index (χ2v) is 9.58. The Morgan fingerprint density at radius 1 is 1.29 bits per heavy atom. The molecule has 0 bridgehead atoms. The number of benzene rings is 1. The molecule has 0 amide bonds. The van der Waals surface area contributed by atoms with E-state index >= 15 is 0 Å². The van der Waals surface area contributed by atoms with Crippen LogP contribution in [0.15, 0.2) is 29.2 Å². The van der Waals surface area contributed by atoms with Crippen LogP contribution >= 0.6 is 11.3 Å². The molecule has 110 valence electrons. The van der Waals surface area contributed by atoms with Crippen LogP contribution < -0.4 is 0 Å². The summed E-state index contributed by atoms with van der Waals surface area (Å²) < 4.78 is 25.0. The first-order valence-electron chi connectivity index (χ1n) is 6.53. The molecule has 0 radical (unpaired) electrons. The van der Waals surface area contributed by atoms with E-state index in [-0.39, 0.29) is 4.91 Å². The van der Waals surface area contributed by atoms with Crippen molar-refractivity contribution in [3.8, 4) is 6.07 Å². The average molecular weight is 319 g/mol. The predicted molar refractivity (Wildman–Crippen MR) is 88.8 cm³/mol. The lowest BCUT2D eigenvalue weighted by atomic mass is 10.1. The van der Waals surface area contributed by atoms with Crippen LogP contribution in [0.25, 0.3) is 16.2 Å². The number of rotatable bonds is 2. The van der Waals surface area contributed by atoms with E-state index in [1.54, 1.807) is 20.8 Å². The monoisotopic (exact) mass is 319 g/mol. The van der Waals surface area contributed by atoms with Gasteiger partial charge in [0.05, 0.1) is 4.75 Å². The van der Waals surface area contributed by atoms with Crippen molar-refractivity contribution >= 4 is 37.3 Å². The Bertz CT molecular complexity index is 860. The Hall–Kier alpha value is -1.64. The van der Waals surface area contributed by atoms with Gasteiger partial charge in [-0.3, -0.25) is 0 Å². The van der Waals surface area contributed by atoms with Gasteiger partial charge in [-0.15, -0.1) is 11.3 Å². The van der Waals surface area contributed by atoms with Gasteiger partial charge in [-0.1, -0.05) is 18.2 Å². The van der Waals surface area contributed by atoms with Gasteiger partial charge in [-0.05, 0) is 50.8 Å². The minimum absolute atomic E-state index is 0.176. The lowest BCUT2D eigenvalue weighted by Crippen LogP contribution is -2.28. The molecule has 0 saturated carbocycles. The highest BCUT2D eigenvalue weighted by Crippen LogP contribution is 2.34. The van der Waals surface area contributed by atoms with Gasteiger partial charge in [0, 0.05) is 9.58 Å². The van der Waals surface area contributed by atoms with Gasteiger partial charge in [-0.2, -0.15) is 5.26 Å². The predicted octanol–water partition coefficient (Wildman–Crippen LogP) is 4.29. The molecule has 5 heteroatoms. The van der Waals surface area contributed by atoms with E-state index < -0.39 is 14.6 Å². The molecule has 0 unspecified atom stereocenters. The second-order valence-electron chi connectivity index (χ2n) is 5.82. The Morgan fingerprint density at radius 3 is 2.43 bits per heavy atom. The maximum absolute atomic E-state index is 12.4. The smallest absolute Gasteiger partial charge is 0.193 e. The second kappa shape index (κ2) is 5.28. The van der Waals surface area contributed by atoms with E-state index in [0.717, 1.165) is 20.5 Å². The van der Waals surface area contributed by atoms with E-state index in [9.17, 15) is 13.7 Å². The summed E-state index contributed by atoms with van der Waals surface area (Å²) >= 11 is 1.50. The summed E-state index contributed by atoms with van der Waals surface area (Å²) in [4.78, 5) is 0.644. The fraction of sp³-hybridized carbons (Fsp3) is 0.312. The molecule has 0 N–H and O–H groups in total. The molecule has 1 aromatic heterocycles. The highest BCUT2D eigenvalue weighted by atomic mass is 32.2. The zero-order valence-electron chi connectivity index (χ0n) is 12.5. The maximum Gasteiger partial charge on any atom is 0.193 e. The SMILES string of the molecule is Cc1c(C=C(C#N)S(=O)(=O)C(C)(C)C)sc2ccccc12. The standard InChI is InChI=1S/C16H17NO2S2/c1-11-13-7-5-6-8-14(13)20-15(11)9-12(10-17)21(18,19)16(2,3)4/h5-9H,1-4H3. The number of aryl methyl sites for hydroxylation is 1. The van der Waals surface area contributed by atoms with Gasteiger partial charge < -0.3 is 0 Å². The third-order valence-electron chi connectivity index (χ3n) is 3.35. The lowest BCUT2D eigenvalue weighted by Gasteiger charge is -2.18. The summed E-state index contributed by atoms with van der Waals surface area (Å²) in [7, 11) is -3.63. The molecule has 3 nitrogen and oxygen atoms in total. The molecule has 2 rings (SSSR count). The van der Waals surface area contributed by atoms with Crippen LogP contribution in [0, 0.1) is 18.3 Å². The normalized spacial score (nSPS) is 13.4. The minimum Gasteiger partial charge on any atom is -0.222 e. The maximum atomic E-state index is 12.4. The van der Waals surface area contributed by atoms with E-state index in [4.69, 9.17) is 0 Å². The Kier molecular flexibility index (Phi) is 3.96. The van der Waals surface area contributed by atoms with Crippen LogP contribution in [0.5, 0.6) is 0 Å². The van der Waals surface area contributed by atoms with Gasteiger partial charge in [0.15, 0.2) is 9.84 Å². The molecular weight excluding hydrogens is 302 g/mol. The molecule has 2 aromatic rings. The van der Waals surface area contributed by atoms with E-state index in [1.807, 2.05) is 37.3 Å². The minimum atomic E-state index is -3.63. The van der Waals surface area contributed by atoms with Gasteiger partial charge in [-0.25, -0.2) is 8.42 Å². The number of hydrogen-bond donors (Lipinski definition) is 0. The molecule has 0 aliphatic heterocycles. The Balaban J connectivity index is 2.65. The number of sulfone groups is 1. The molecule has 0 atom stereocenters. The number of fused-ring (bicyclic) bond motifs is 1. The topological polar surface area (TPSA) is 57.9 Å². The largest absolute Gasteiger partial charge is 0.222 e. The summed E-state index contributed by atoms with van der Waals surface area (Å²) in [6.07, 6.45) is 1.50. The third-order valence-corrected chi connectivity index (χ3v) is 6.97. The molecule has 0 aliphatic carbocycles. The van der Waals surface area contributed by atoms with Crippen LogP contribution in [0.2, 0.25) is 0 Å². The van der Waals surface area contributed by atoms with Gasteiger partial charge in [0.25, 0.3) is 0 Å². The molecule has 0 fully saturated rings. The number of nitrogens with zero attached hydrogens (tertiary/aromatic N) is 1. The van der Waals surface area contributed by atoms with Crippen LogP contribution in [0.4, 0.5) is 0 Å². The van der Waals surface area contributed by atoms with E-state index in [1.165, 1.54) is 17.4 Å². The Morgan fingerprint density at radius 2 is 1.90 bits per heavy atom. The van der Waals surface area contributed by atoms with Crippen molar-refractivity contribution in [2.45, 2.75) is 32.4 Å². The third kappa shape index (κ3) is 2.74. The number of thiophene rings is 1. The first-order chi connectivity index (χ1) is 9.68. The molecule has 21 heavy (non-hydrogen) atoms. The number of hydrogen-bond acceptors (Lipinski definition) is 4. The summed E-state index contributed by atoms with van der Waals surface area (Å²) in [6.45, 7) is 6.76. The molecule has 1 aromatic carbocycles. The summed E-state index contributed by atoms with van der Waals surface area (Å²) in [5.74, 6) is 0. The first kappa shape index (κ1) is 15.7. The molecule has 0 aliphatic rings. The molecule has 0 saturated heterocycles. The van der Waals surface area contributed by atoms with Crippen LogP contribution in [0.1, 0.15) is 31.2 Å². The van der Waals surface area contributed by atoms with Crippen molar-refractivity contribution in [1.82, 2.24) is 0 Å². The van der Waals surface area contributed by atoms with Gasteiger partial charge in [0.2, 0.25) is 0 Å². The highest BCUT2D eigenvalue weighted by Gasteiger charge is 2.33. The van der Waals surface area contributed by atoms with Crippen LogP contribution in [0.3, 0.4) is 0 Å². The zero-order valence-corrected chi connectivity index (χ0v) is 14.1. The van der Waals surface area contributed by atoms with Crippen molar-refractivity contribution < 1.29 is 8.42 Å². The van der Waals surface area contributed by atoms with E-state index in [2.05, 4.69) is 0 Å². The van der Waals surface area contributed by atoms with Crippen molar-refractivity contribution in [3.05, 3.63) is 39.6 Å². The van der Waals surface area contributed by atoms with Crippen molar-refractivity contribution in [3.63, 3.8) is 0 Å². The van der Waals surface area contributed by atoms with Crippen molar-refractivity contribution in [1.29, 1.82) is 5.26 Å². The van der Waals surface area contributed by atoms with Crippen molar-refractivity contribution in [2.75, 3.05) is 0 Å². The first-order valence-corrected chi connectivity index (χ1v) is 8.83. The highest BCUT2D eigenvalue weighted by molar-refractivity contribution is 7.97.